The van der Waals surface area contributed by atoms with Gasteiger partial charge in [0.25, 0.3) is 0 Å². The van der Waals surface area contributed by atoms with E-state index in [0.29, 0.717) is 12.0 Å². The summed E-state index contributed by atoms with van der Waals surface area (Å²) in [5, 5.41) is 3.31. The first-order valence-corrected chi connectivity index (χ1v) is 8.70. The van der Waals surface area contributed by atoms with Gasteiger partial charge in [0, 0.05) is 24.7 Å². The van der Waals surface area contributed by atoms with E-state index in [4.69, 9.17) is 4.74 Å². The third-order valence-corrected chi connectivity index (χ3v) is 5.45. The fourth-order valence-corrected chi connectivity index (χ4v) is 4.13. The van der Waals surface area contributed by atoms with Crippen molar-refractivity contribution < 1.29 is 4.74 Å². The Balaban J connectivity index is 1.39. The lowest BCUT2D eigenvalue weighted by molar-refractivity contribution is -0.0109. The maximum atomic E-state index is 6.27. The van der Waals surface area contributed by atoms with E-state index in [-0.39, 0.29) is 6.10 Å². The second-order valence-electron chi connectivity index (χ2n) is 6.17. The van der Waals surface area contributed by atoms with Crippen molar-refractivity contribution in [3.05, 3.63) is 40.4 Å². The number of ether oxygens (including phenoxy) is 1. The van der Waals surface area contributed by atoms with Gasteiger partial charge in [0.2, 0.25) is 0 Å². The van der Waals surface area contributed by atoms with Gasteiger partial charge in [-0.2, -0.15) is 0 Å². The van der Waals surface area contributed by atoms with Gasteiger partial charge in [-0.25, -0.2) is 15.0 Å². The van der Waals surface area contributed by atoms with Crippen LogP contribution in [0.1, 0.15) is 35.3 Å². The van der Waals surface area contributed by atoms with Crippen molar-refractivity contribution in [1.29, 1.82) is 0 Å². The molecule has 0 bridgehead atoms. The highest BCUT2D eigenvalue weighted by atomic mass is 32.1. The summed E-state index contributed by atoms with van der Waals surface area (Å²) in [5.74, 6) is 0.661. The molecule has 5 nitrogen and oxygen atoms in total. The van der Waals surface area contributed by atoms with E-state index in [0.717, 1.165) is 36.8 Å². The van der Waals surface area contributed by atoms with Crippen molar-refractivity contribution in [2.75, 3.05) is 13.1 Å². The summed E-state index contributed by atoms with van der Waals surface area (Å²) in [5.41, 5.74) is 2.21. The molecule has 6 heteroatoms. The van der Waals surface area contributed by atoms with Crippen LogP contribution in [0.5, 0.6) is 0 Å². The van der Waals surface area contributed by atoms with Gasteiger partial charge in [0.05, 0.1) is 22.5 Å². The van der Waals surface area contributed by atoms with E-state index in [9.17, 15) is 0 Å². The molecule has 2 aliphatic rings. The molecule has 2 aromatic rings. The summed E-state index contributed by atoms with van der Waals surface area (Å²) in [6.07, 6.45) is 6.16. The number of nitrogens with zero attached hydrogens (tertiary/aromatic N) is 4. The highest BCUT2D eigenvalue weighted by Crippen LogP contribution is 2.40. The van der Waals surface area contributed by atoms with Crippen LogP contribution in [-0.2, 0) is 11.3 Å². The monoisotopic (exact) mass is 316 g/mol. The minimum absolute atomic E-state index is 0.138. The summed E-state index contributed by atoms with van der Waals surface area (Å²) < 4.78 is 6.27. The molecular formula is C16H20N4OS. The Morgan fingerprint density at radius 1 is 1.45 bits per heavy atom. The number of fused-ring (bicyclic) bond motifs is 1. The highest BCUT2D eigenvalue weighted by Gasteiger charge is 2.40. The first-order chi connectivity index (χ1) is 10.8. The smallest absolute Gasteiger partial charge is 0.115 e. The first kappa shape index (κ1) is 14.2. The zero-order chi connectivity index (χ0) is 14.9. The maximum Gasteiger partial charge on any atom is 0.115 e. The number of likely N-dealkylation sites (tertiary alicyclic amines) is 1. The molecule has 3 atom stereocenters. The molecule has 0 aromatic carbocycles. The van der Waals surface area contributed by atoms with Crippen molar-refractivity contribution in [2.24, 2.45) is 5.92 Å². The predicted octanol–water partition coefficient (Wildman–Crippen LogP) is 2.59. The molecule has 4 heterocycles. The molecular weight excluding hydrogens is 296 g/mol. The SMILES string of the molecule is Cc1nc(CN2CC[C@@H]3C[C@@H](c4ccncn4)O[C@H]3C2)cs1. The van der Waals surface area contributed by atoms with Crippen LogP contribution < -0.4 is 0 Å². The van der Waals surface area contributed by atoms with Gasteiger partial charge in [0.1, 0.15) is 12.4 Å². The molecule has 0 aliphatic carbocycles. The number of aryl methyl sites for hydroxylation is 1. The topological polar surface area (TPSA) is 51.1 Å². The molecule has 2 aliphatic heterocycles. The lowest BCUT2D eigenvalue weighted by Crippen LogP contribution is -2.41. The molecule has 0 radical (unpaired) electrons. The zero-order valence-corrected chi connectivity index (χ0v) is 13.5. The van der Waals surface area contributed by atoms with Gasteiger partial charge in [-0.15, -0.1) is 11.3 Å². The molecule has 116 valence electrons. The molecule has 0 spiro atoms. The number of thiazole rings is 1. The highest BCUT2D eigenvalue weighted by molar-refractivity contribution is 7.09. The zero-order valence-electron chi connectivity index (χ0n) is 12.7. The Morgan fingerprint density at radius 3 is 3.18 bits per heavy atom. The minimum Gasteiger partial charge on any atom is -0.367 e. The molecule has 0 amide bonds. The van der Waals surface area contributed by atoms with E-state index >= 15 is 0 Å². The summed E-state index contributed by atoms with van der Waals surface area (Å²) in [4.78, 5) is 15.4. The van der Waals surface area contributed by atoms with E-state index < -0.39 is 0 Å². The Hall–Kier alpha value is -1.37. The average molecular weight is 316 g/mol. The molecule has 2 saturated heterocycles. The number of aromatic nitrogens is 3. The maximum absolute atomic E-state index is 6.27. The fourth-order valence-electron chi connectivity index (χ4n) is 3.53. The van der Waals surface area contributed by atoms with E-state index in [1.54, 1.807) is 23.9 Å². The van der Waals surface area contributed by atoms with Crippen LogP contribution in [0.3, 0.4) is 0 Å². The molecule has 22 heavy (non-hydrogen) atoms. The standard InChI is InChI=1S/C16H20N4OS/c1-11-19-13(9-22-11)7-20-5-3-12-6-15(21-16(12)8-20)14-2-4-17-10-18-14/h2,4,9-10,12,15-16H,3,5-8H2,1H3/t12-,15+,16+/m1/s1. The van der Waals surface area contributed by atoms with E-state index in [1.165, 1.54) is 12.1 Å². The Bertz CT molecular complexity index is 632. The third-order valence-electron chi connectivity index (χ3n) is 4.62. The first-order valence-electron chi connectivity index (χ1n) is 7.82. The predicted molar refractivity (Wildman–Crippen MR) is 84.5 cm³/mol. The van der Waals surface area contributed by atoms with Crippen LogP contribution in [0.2, 0.25) is 0 Å². The molecule has 0 saturated carbocycles. The van der Waals surface area contributed by atoms with Crippen LogP contribution >= 0.6 is 11.3 Å². The van der Waals surface area contributed by atoms with Crippen molar-refractivity contribution in [3.8, 4) is 0 Å². The molecule has 4 rings (SSSR count). The number of rotatable bonds is 3. The quantitative estimate of drug-likeness (QED) is 0.871. The van der Waals surface area contributed by atoms with Crippen LogP contribution in [0.15, 0.2) is 24.0 Å². The summed E-state index contributed by atoms with van der Waals surface area (Å²) >= 11 is 1.73. The second kappa shape index (κ2) is 6.02. The van der Waals surface area contributed by atoms with Gasteiger partial charge >= 0.3 is 0 Å². The Kier molecular flexibility index (Phi) is 3.90. The van der Waals surface area contributed by atoms with Crippen LogP contribution in [0.25, 0.3) is 0 Å². The summed E-state index contributed by atoms with van der Waals surface area (Å²) in [7, 11) is 0. The van der Waals surface area contributed by atoms with E-state index in [2.05, 4.69) is 32.2 Å². The molecule has 2 fully saturated rings. The van der Waals surface area contributed by atoms with Crippen molar-refractivity contribution in [3.63, 3.8) is 0 Å². The van der Waals surface area contributed by atoms with Gasteiger partial charge in [-0.3, -0.25) is 4.90 Å². The number of piperidine rings is 1. The van der Waals surface area contributed by atoms with Crippen molar-refractivity contribution in [2.45, 2.75) is 38.5 Å². The normalized spacial score (nSPS) is 28.7. The summed E-state index contributed by atoms with van der Waals surface area (Å²) in [6.45, 7) is 5.14. The lowest BCUT2D eigenvalue weighted by atomic mass is 9.91. The van der Waals surface area contributed by atoms with E-state index in [1.807, 2.05) is 6.07 Å². The van der Waals surface area contributed by atoms with Gasteiger partial charge < -0.3 is 4.74 Å². The summed E-state index contributed by atoms with van der Waals surface area (Å²) in [6, 6.07) is 1.97. The van der Waals surface area contributed by atoms with Gasteiger partial charge in [-0.1, -0.05) is 0 Å². The number of hydrogen-bond donors (Lipinski definition) is 0. The largest absolute Gasteiger partial charge is 0.367 e. The average Bonchev–Trinajstić information content (AvgIpc) is 3.14. The van der Waals surface area contributed by atoms with Crippen LogP contribution in [-0.4, -0.2) is 39.0 Å². The third kappa shape index (κ3) is 2.91. The second-order valence-corrected chi connectivity index (χ2v) is 7.24. The van der Waals surface area contributed by atoms with Crippen molar-refractivity contribution in [1.82, 2.24) is 19.9 Å². The lowest BCUT2D eigenvalue weighted by Gasteiger charge is -2.33. The Labute approximate surface area is 134 Å². The van der Waals surface area contributed by atoms with Gasteiger partial charge in [0.15, 0.2) is 0 Å². The minimum atomic E-state index is 0.138. The van der Waals surface area contributed by atoms with Crippen LogP contribution in [0, 0.1) is 12.8 Å². The molecule has 0 N–H and O–H groups in total. The number of hydrogen-bond acceptors (Lipinski definition) is 6. The van der Waals surface area contributed by atoms with Gasteiger partial charge in [-0.05, 0) is 38.3 Å². The molecule has 2 aromatic heterocycles. The van der Waals surface area contributed by atoms with Crippen molar-refractivity contribution >= 4 is 11.3 Å². The fraction of sp³-hybridized carbons (Fsp3) is 0.562. The Morgan fingerprint density at radius 2 is 2.41 bits per heavy atom. The molecule has 0 unspecified atom stereocenters. The van der Waals surface area contributed by atoms with Crippen LogP contribution in [0.4, 0.5) is 0 Å².